The quantitative estimate of drug-likeness (QED) is 0.634. The van der Waals surface area contributed by atoms with E-state index < -0.39 is 11.7 Å². The van der Waals surface area contributed by atoms with Gasteiger partial charge in [0.05, 0.1) is 19.2 Å². The predicted molar refractivity (Wildman–Crippen MR) is 52.5 cm³/mol. The van der Waals surface area contributed by atoms with E-state index in [1.807, 2.05) is 20.8 Å². The number of likely N-dealkylation sites (tertiary alicyclic amines) is 1. The van der Waals surface area contributed by atoms with Crippen molar-refractivity contribution in [3.63, 3.8) is 0 Å². The summed E-state index contributed by atoms with van der Waals surface area (Å²) in [7, 11) is 0. The monoisotopic (exact) mass is 215 g/mol. The van der Waals surface area contributed by atoms with E-state index >= 15 is 0 Å². The van der Waals surface area contributed by atoms with Crippen molar-refractivity contribution in [3.05, 3.63) is 0 Å². The second-order valence-electron chi connectivity index (χ2n) is 5.06. The molecule has 0 aromatic carbocycles. The fourth-order valence-corrected chi connectivity index (χ4v) is 1.96. The number of aliphatic hydroxyl groups excluding tert-OH is 1. The van der Waals surface area contributed by atoms with Gasteiger partial charge in [-0.1, -0.05) is 0 Å². The maximum absolute atomic E-state index is 11.7. The van der Waals surface area contributed by atoms with Crippen LogP contribution in [0, 0.1) is 0 Å². The number of ether oxygens (including phenoxy) is 2. The molecule has 2 rings (SSSR count). The fraction of sp³-hybridized carbons (Fsp3) is 0.900. The molecule has 1 amide bonds. The lowest BCUT2D eigenvalue weighted by molar-refractivity contribution is -0.00922. The highest BCUT2D eigenvalue weighted by Crippen LogP contribution is 2.29. The van der Waals surface area contributed by atoms with E-state index in [-0.39, 0.29) is 18.2 Å². The molecule has 0 aliphatic carbocycles. The molecule has 2 aliphatic rings. The first-order valence-corrected chi connectivity index (χ1v) is 5.18. The van der Waals surface area contributed by atoms with Gasteiger partial charge in [0.2, 0.25) is 0 Å². The summed E-state index contributed by atoms with van der Waals surface area (Å²) in [6.45, 7) is 6.32. The summed E-state index contributed by atoms with van der Waals surface area (Å²) in [4.78, 5) is 13.3. The minimum Gasteiger partial charge on any atom is -0.444 e. The van der Waals surface area contributed by atoms with E-state index in [1.165, 1.54) is 0 Å². The molecule has 2 saturated heterocycles. The smallest absolute Gasteiger partial charge is 0.410 e. The van der Waals surface area contributed by atoms with Gasteiger partial charge in [0.25, 0.3) is 0 Å². The Morgan fingerprint density at radius 2 is 2.20 bits per heavy atom. The van der Waals surface area contributed by atoms with Crippen LogP contribution < -0.4 is 0 Å². The molecule has 86 valence electrons. The average Bonchev–Trinajstić information content (AvgIpc) is 2.59. The molecular weight excluding hydrogens is 198 g/mol. The van der Waals surface area contributed by atoms with Crippen LogP contribution in [0.2, 0.25) is 0 Å². The van der Waals surface area contributed by atoms with E-state index in [4.69, 9.17) is 9.47 Å². The minimum absolute atomic E-state index is 0.232. The molecule has 3 atom stereocenters. The first-order chi connectivity index (χ1) is 6.88. The summed E-state index contributed by atoms with van der Waals surface area (Å²) in [5.41, 5.74) is -0.495. The summed E-state index contributed by atoms with van der Waals surface area (Å²) in [6, 6.07) is -0.232. The highest BCUT2D eigenvalue weighted by molar-refractivity contribution is 5.69. The van der Waals surface area contributed by atoms with Crippen LogP contribution in [0.15, 0.2) is 0 Å². The van der Waals surface area contributed by atoms with E-state index in [1.54, 1.807) is 4.90 Å². The molecule has 5 heteroatoms. The van der Waals surface area contributed by atoms with Gasteiger partial charge in [-0.05, 0) is 20.8 Å². The molecule has 0 saturated carbocycles. The molecule has 0 aromatic heterocycles. The lowest BCUT2D eigenvalue weighted by Gasteiger charge is -2.29. The van der Waals surface area contributed by atoms with Crippen molar-refractivity contribution < 1.29 is 19.4 Å². The number of amides is 1. The number of carbonyl (C=O) groups is 1. The third kappa shape index (κ3) is 1.94. The van der Waals surface area contributed by atoms with Crippen LogP contribution in [-0.4, -0.2) is 53.1 Å². The molecular formula is C10H17NO4. The highest BCUT2D eigenvalue weighted by Gasteiger charge is 2.50. The van der Waals surface area contributed by atoms with E-state index in [9.17, 15) is 9.90 Å². The Morgan fingerprint density at radius 3 is 2.60 bits per heavy atom. The Kier molecular flexibility index (Phi) is 2.39. The molecule has 5 nitrogen and oxygen atoms in total. The van der Waals surface area contributed by atoms with Crippen molar-refractivity contribution in [1.82, 2.24) is 4.90 Å². The molecule has 2 bridgehead atoms. The summed E-state index contributed by atoms with van der Waals surface area (Å²) in [5, 5.41) is 9.67. The number of aliphatic hydroxyl groups is 1. The van der Waals surface area contributed by atoms with Crippen LogP contribution in [0.5, 0.6) is 0 Å². The zero-order valence-corrected chi connectivity index (χ0v) is 9.27. The first-order valence-electron chi connectivity index (χ1n) is 5.18. The number of morpholine rings is 1. The number of hydrogen-bond donors (Lipinski definition) is 1. The van der Waals surface area contributed by atoms with Gasteiger partial charge in [-0.25, -0.2) is 4.79 Å². The lowest BCUT2D eigenvalue weighted by atomic mass is 10.2. The van der Waals surface area contributed by atoms with Gasteiger partial charge in [-0.2, -0.15) is 0 Å². The largest absolute Gasteiger partial charge is 0.444 e. The van der Waals surface area contributed by atoms with Crippen molar-refractivity contribution >= 4 is 6.09 Å². The van der Waals surface area contributed by atoms with Gasteiger partial charge in [-0.3, -0.25) is 4.90 Å². The second kappa shape index (κ2) is 3.35. The molecule has 2 fully saturated rings. The Balaban J connectivity index is 1.99. The fourth-order valence-electron chi connectivity index (χ4n) is 1.96. The maximum atomic E-state index is 11.7. The van der Waals surface area contributed by atoms with Crippen molar-refractivity contribution in [2.45, 2.75) is 44.6 Å². The third-order valence-corrected chi connectivity index (χ3v) is 2.66. The zero-order chi connectivity index (χ0) is 11.2. The lowest BCUT2D eigenvalue weighted by Crippen LogP contribution is -2.45. The van der Waals surface area contributed by atoms with Crippen molar-refractivity contribution in [2.24, 2.45) is 0 Å². The van der Waals surface area contributed by atoms with Gasteiger partial charge in [-0.15, -0.1) is 0 Å². The Labute approximate surface area is 89.0 Å². The van der Waals surface area contributed by atoms with E-state index in [0.29, 0.717) is 13.2 Å². The number of rotatable bonds is 0. The Bertz CT molecular complexity index is 273. The zero-order valence-electron chi connectivity index (χ0n) is 9.27. The Morgan fingerprint density at radius 1 is 1.53 bits per heavy atom. The van der Waals surface area contributed by atoms with E-state index in [2.05, 4.69) is 0 Å². The van der Waals surface area contributed by atoms with Crippen LogP contribution >= 0.6 is 0 Å². The van der Waals surface area contributed by atoms with E-state index in [0.717, 1.165) is 0 Å². The van der Waals surface area contributed by atoms with Gasteiger partial charge in [0.15, 0.2) is 0 Å². The molecule has 0 radical (unpaired) electrons. The standard InChI is InChI=1S/C10H17NO4/c1-10(2,3)15-9(13)11-4-7-8(12)6(11)5-14-7/h6-8,12H,4-5H2,1-3H3/t6-,7+,8-/m1/s1. The van der Waals surface area contributed by atoms with Crippen molar-refractivity contribution in [3.8, 4) is 0 Å². The van der Waals surface area contributed by atoms with Crippen LogP contribution in [-0.2, 0) is 9.47 Å². The molecule has 15 heavy (non-hydrogen) atoms. The molecule has 1 N–H and O–H groups in total. The number of fused-ring (bicyclic) bond motifs is 2. The molecule has 2 heterocycles. The van der Waals surface area contributed by atoms with Gasteiger partial charge in [0.1, 0.15) is 17.8 Å². The molecule has 0 aromatic rings. The highest BCUT2D eigenvalue weighted by atomic mass is 16.6. The first kappa shape index (κ1) is 10.7. The summed E-state index contributed by atoms with van der Waals surface area (Å²) >= 11 is 0. The summed E-state index contributed by atoms with van der Waals surface area (Å²) in [6.07, 6.45) is -1.16. The van der Waals surface area contributed by atoms with Gasteiger partial charge < -0.3 is 14.6 Å². The van der Waals surface area contributed by atoms with Crippen LogP contribution in [0.4, 0.5) is 4.79 Å². The van der Waals surface area contributed by atoms with Crippen molar-refractivity contribution in [1.29, 1.82) is 0 Å². The number of carbonyl (C=O) groups excluding carboxylic acids is 1. The Hall–Kier alpha value is -0.810. The minimum atomic E-state index is -0.558. The second-order valence-corrected chi connectivity index (χ2v) is 5.06. The molecule has 0 unspecified atom stereocenters. The van der Waals surface area contributed by atoms with Crippen molar-refractivity contribution in [2.75, 3.05) is 13.2 Å². The SMILES string of the molecule is CC(C)(C)OC(=O)N1C[C@@H]2OC[C@@H]1[C@H]2O. The number of hydrogen-bond acceptors (Lipinski definition) is 4. The molecule has 0 spiro atoms. The topological polar surface area (TPSA) is 59.0 Å². The molecule has 2 aliphatic heterocycles. The maximum Gasteiger partial charge on any atom is 0.410 e. The van der Waals surface area contributed by atoms with Gasteiger partial charge in [0, 0.05) is 0 Å². The van der Waals surface area contributed by atoms with Gasteiger partial charge >= 0.3 is 6.09 Å². The summed E-state index contributed by atoms with van der Waals surface area (Å²) < 4.78 is 10.5. The summed E-state index contributed by atoms with van der Waals surface area (Å²) in [5.74, 6) is 0. The van der Waals surface area contributed by atoms with Crippen LogP contribution in [0.1, 0.15) is 20.8 Å². The van der Waals surface area contributed by atoms with Crippen LogP contribution in [0.25, 0.3) is 0 Å². The van der Waals surface area contributed by atoms with Crippen LogP contribution in [0.3, 0.4) is 0 Å². The normalized spacial score (nSPS) is 34.7. The number of nitrogens with zero attached hydrogens (tertiary/aromatic N) is 1. The third-order valence-electron chi connectivity index (χ3n) is 2.66. The predicted octanol–water partition coefficient (Wildman–Crippen LogP) is 0.365. The average molecular weight is 215 g/mol.